The number of hydrazone groups is 1. The average molecular weight is 305 g/mol. The third-order valence-electron chi connectivity index (χ3n) is 2.78. The lowest BCUT2D eigenvalue weighted by molar-refractivity contribution is 0.0955. The zero-order valence-electron chi connectivity index (χ0n) is 11.2. The molecular formula is C15H13ClN2O3. The van der Waals surface area contributed by atoms with Crippen LogP contribution in [0.3, 0.4) is 0 Å². The normalized spacial score (nSPS) is 11.2. The summed E-state index contributed by atoms with van der Waals surface area (Å²) in [4.78, 5) is 11.9. The summed E-state index contributed by atoms with van der Waals surface area (Å²) in [6.07, 6.45) is 0. The molecule has 5 nitrogen and oxygen atoms in total. The van der Waals surface area contributed by atoms with Gasteiger partial charge in [0, 0.05) is 22.2 Å². The Balaban J connectivity index is 2.15. The molecule has 0 saturated heterocycles. The first kappa shape index (κ1) is 14.9. The Labute approximate surface area is 126 Å². The highest BCUT2D eigenvalue weighted by molar-refractivity contribution is 6.30. The minimum Gasteiger partial charge on any atom is -0.508 e. The molecule has 0 aliphatic rings. The van der Waals surface area contributed by atoms with Gasteiger partial charge in [0.2, 0.25) is 0 Å². The number of carbonyl (C=O) groups is 1. The predicted octanol–water partition coefficient (Wildman–Crippen LogP) is 2.91. The van der Waals surface area contributed by atoms with Crippen LogP contribution in [0, 0.1) is 0 Å². The molecule has 108 valence electrons. The van der Waals surface area contributed by atoms with E-state index in [4.69, 9.17) is 11.6 Å². The van der Waals surface area contributed by atoms with Crippen molar-refractivity contribution in [2.75, 3.05) is 0 Å². The van der Waals surface area contributed by atoms with E-state index in [2.05, 4.69) is 10.5 Å². The van der Waals surface area contributed by atoms with E-state index in [1.165, 1.54) is 24.3 Å². The van der Waals surface area contributed by atoms with Gasteiger partial charge in [-0.2, -0.15) is 5.10 Å². The molecular weight excluding hydrogens is 292 g/mol. The molecule has 3 N–H and O–H groups in total. The molecule has 0 aliphatic heterocycles. The minimum absolute atomic E-state index is 0.0491. The maximum absolute atomic E-state index is 11.9. The van der Waals surface area contributed by atoms with Crippen LogP contribution in [0.15, 0.2) is 47.6 Å². The molecule has 2 aromatic carbocycles. The van der Waals surface area contributed by atoms with Crippen molar-refractivity contribution in [3.63, 3.8) is 0 Å². The van der Waals surface area contributed by atoms with Crippen LogP contribution in [0.5, 0.6) is 11.5 Å². The molecule has 0 unspecified atom stereocenters. The quantitative estimate of drug-likeness (QED) is 0.602. The number of phenolic OH excluding ortho intramolecular Hbond substituents is 2. The predicted molar refractivity (Wildman–Crippen MR) is 80.9 cm³/mol. The number of aromatic hydroxyl groups is 2. The fourth-order valence-corrected chi connectivity index (χ4v) is 1.91. The lowest BCUT2D eigenvalue weighted by Gasteiger charge is -2.05. The fraction of sp³-hybridized carbons (Fsp3) is 0.0667. The van der Waals surface area contributed by atoms with E-state index in [0.29, 0.717) is 21.9 Å². The summed E-state index contributed by atoms with van der Waals surface area (Å²) in [5, 5.41) is 23.3. The number of nitrogens with one attached hydrogen (secondary N) is 1. The lowest BCUT2D eigenvalue weighted by Crippen LogP contribution is -2.19. The van der Waals surface area contributed by atoms with Crippen LogP contribution < -0.4 is 5.43 Å². The average Bonchev–Trinajstić information content (AvgIpc) is 2.44. The molecule has 6 heteroatoms. The van der Waals surface area contributed by atoms with E-state index in [0.717, 1.165) is 0 Å². The summed E-state index contributed by atoms with van der Waals surface area (Å²) in [7, 11) is 0. The molecule has 0 atom stereocenters. The maximum atomic E-state index is 11.9. The van der Waals surface area contributed by atoms with Crippen molar-refractivity contribution in [2.24, 2.45) is 5.10 Å². The van der Waals surface area contributed by atoms with Crippen molar-refractivity contribution in [2.45, 2.75) is 6.92 Å². The van der Waals surface area contributed by atoms with E-state index in [1.54, 1.807) is 25.1 Å². The largest absolute Gasteiger partial charge is 0.508 e. The Kier molecular flexibility index (Phi) is 4.45. The van der Waals surface area contributed by atoms with Crippen LogP contribution in [-0.4, -0.2) is 21.8 Å². The second-order valence-corrected chi connectivity index (χ2v) is 4.79. The number of carbonyl (C=O) groups excluding carboxylic acids is 1. The minimum atomic E-state index is -0.407. The van der Waals surface area contributed by atoms with Crippen LogP contribution in [-0.2, 0) is 0 Å². The topological polar surface area (TPSA) is 81.9 Å². The van der Waals surface area contributed by atoms with E-state index in [9.17, 15) is 15.0 Å². The van der Waals surface area contributed by atoms with Crippen molar-refractivity contribution in [3.05, 3.63) is 58.6 Å². The Bertz CT molecular complexity index is 714. The molecule has 0 spiro atoms. The van der Waals surface area contributed by atoms with Crippen LogP contribution >= 0.6 is 11.6 Å². The monoisotopic (exact) mass is 304 g/mol. The van der Waals surface area contributed by atoms with Gasteiger partial charge in [0.15, 0.2) is 0 Å². The number of hydrogen-bond donors (Lipinski definition) is 3. The van der Waals surface area contributed by atoms with Gasteiger partial charge in [0.25, 0.3) is 5.91 Å². The number of nitrogens with zero attached hydrogens (tertiary/aromatic N) is 1. The Morgan fingerprint density at radius 3 is 2.62 bits per heavy atom. The standard InChI is InChI=1S/C15H13ClN2O3/c1-9(13-6-5-12(19)8-14(13)20)17-18-15(21)10-3-2-4-11(16)7-10/h2-8,19-20H,1H3,(H,18,21). The first-order valence-electron chi connectivity index (χ1n) is 6.10. The van der Waals surface area contributed by atoms with Crippen molar-refractivity contribution < 1.29 is 15.0 Å². The highest BCUT2D eigenvalue weighted by Crippen LogP contribution is 2.23. The van der Waals surface area contributed by atoms with Gasteiger partial charge in [-0.25, -0.2) is 5.43 Å². The van der Waals surface area contributed by atoms with Gasteiger partial charge in [-0.1, -0.05) is 17.7 Å². The Morgan fingerprint density at radius 2 is 1.95 bits per heavy atom. The molecule has 1 amide bonds. The second kappa shape index (κ2) is 6.28. The van der Waals surface area contributed by atoms with E-state index in [1.807, 2.05) is 0 Å². The van der Waals surface area contributed by atoms with Crippen LogP contribution in [0.25, 0.3) is 0 Å². The van der Waals surface area contributed by atoms with Gasteiger partial charge >= 0.3 is 0 Å². The maximum Gasteiger partial charge on any atom is 0.271 e. The molecule has 0 fully saturated rings. The zero-order chi connectivity index (χ0) is 15.4. The van der Waals surface area contributed by atoms with Crippen LogP contribution in [0.1, 0.15) is 22.8 Å². The first-order chi connectivity index (χ1) is 9.97. The summed E-state index contributed by atoms with van der Waals surface area (Å²) < 4.78 is 0. The van der Waals surface area contributed by atoms with Gasteiger partial charge in [-0.05, 0) is 37.3 Å². The number of hydrogen-bond acceptors (Lipinski definition) is 4. The third-order valence-corrected chi connectivity index (χ3v) is 3.02. The van der Waals surface area contributed by atoms with E-state index >= 15 is 0 Å². The highest BCUT2D eigenvalue weighted by atomic mass is 35.5. The number of halogens is 1. The highest BCUT2D eigenvalue weighted by Gasteiger charge is 2.08. The molecule has 0 saturated carbocycles. The summed E-state index contributed by atoms with van der Waals surface area (Å²) in [6.45, 7) is 1.63. The van der Waals surface area contributed by atoms with Crippen molar-refractivity contribution in [3.8, 4) is 11.5 Å². The van der Waals surface area contributed by atoms with Gasteiger partial charge in [-0.15, -0.1) is 0 Å². The summed E-state index contributed by atoms with van der Waals surface area (Å²) >= 11 is 5.81. The molecule has 0 bridgehead atoms. The molecule has 21 heavy (non-hydrogen) atoms. The number of phenols is 2. The van der Waals surface area contributed by atoms with Gasteiger partial charge in [0.05, 0.1) is 5.71 Å². The molecule has 0 heterocycles. The van der Waals surface area contributed by atoms with Gasteiger partial charge in [0.1, 0.15) is 11.5 Å². The smallest absolute Gasteiger partial charge is 0.271 e. The zero-order valence-corrected chi connectivity index (χ0v) is 11.9. The van der Waals surface area contributed by atoms with Crippen molar-refractivity contribution in [1.29, 1.82) is 0 Å². The summed E-state index contributed by atoms with van der Waals surface area (Å²) in [5.41, 5.74) is 3.59. The number of amides is 1. The molecule has 0 radical (unpaired) electrons. The van der Waals surface area contributed by atoms with Crippen molar-refractivity contribution >= 4 is 23.2 Å². The Hall–Kier alpha value is -2.53. The van der Waals surface area contributed by atoms with Gasteiger partial charge in [-0.3, -0.25) is 4.79 Å². The third kappa shape index (κ3) is 3.73. The lowest BCUT2D eigenvalue weighted by atomic mass is 10.1. The van der Waals surface area contributed by atoms with Gasteiger partial charge < -0.3 is 10.2 Å². The molecule has 0 aliphatic carbocycles. The number of benzene rings is 2. The molecule has 2 rings (SSSR count). The second-order valence-electron chi connectivity index (χ2n) is 4.35. The van der Waals surface area contributed by atoms with Crippen LogP contribution in [0.4, 0.5) is 0 Å². The SMILES string of the molecule is CC(=NNC(=O)c1cccc(Cl)c1)c1ccc(O)cc1O. The van der Waals surface area contributed by atoms with Crippen molar-refractivity contribution in [1.82, 2.24) is 5.43 Å². The summed E-state index contributed by atoms with van der Waals surface area (Å²) in [5.74, 6) is -0.574. The van der Waals surface area contributed by atoms with E-state index < -0.39 is 5.91 Å². The Morgan fingerprint density at radius 1 is 1.19 bits per heavy atom. The fourth-order valence-electron chi connectivity index (χ4n) is 1.72. The molecule has 2 aromatic rings. The van der Waals surface area contributed by atoms with Crippen LogP contribution in [0.2, 0.25) is 5.02 Å². The summed E-state index contributed by atoms with van der Waals surface area (Å²) in [6, 6.07) is 10.6. The molecule has 0 aromatic heterocycles. The number of rotatable bonds is 3. The van der Waals surface area contributed by atoms with E-state index in [-0.39, 0.29) is 11.5 Å². The first-order valence-corrected chi connectivity index (χ1v) is 6.47.